The van der Waals surface area contributed by atoms with E-state index in [1.54, 1.807) is 4.57 Å². The fraction of sp³-hybridized carbons (Fsp3) is 0.235. The molecule has 2 aromatic heterocycles. The van der Waals surface area contributed by atoms with E-state index in [1.165, 1.54) is 17.6 Å². The van der Waals surface area contributed by atoms with Gasteiger partial charge in [0.05, 0.1) is 9.71 Å². The molecule has 0 atom stereocenters. The highest BCUT2D eigenvalue weighted by molar-refractivity contribution is 7.18. The highest BCUT2D eigenvalue weighted by atomic mass is 32.1. The Bertz CT molecular complexity index is 907. The van der Waals surface area contributed by atoms with Crippen molar-refractivity contribution in [2.24, 2.45) is 7.05 Å². The molecule has 3 aromatic rings. The lowest BCUT2D eigenvalue weighted by Crippen LogP contribution is -2.26. The van der Waals surface area contributed by atoms with Crippen molar-refractivity contribution in [2.45, 2.75) is 20.4 Å². The normalized spacial score (nSPS) is 10.9. The molecule has 0 spiro atoms. The van der Waals surface area contributed by atoms with E-state index in [4.69, 9.17) is 5.41 Å². The molecule has 5 nitrogen and oxygen atoms in total. The smallest absolute Gasteiger partial charge is 0.268 e. The molecule has 23 heavy (non-hydrogen) atoms. The lowest BCUT2D eigenvalue weighted by molar-refractivity contribution is 0.0943. The number of nitrogens with zero attached hydrogens (tertiary/aromatic N) is 2. The highest BCUT2D eigenvalue weighted by Gasteiger charge is 2.22. The molecule has 0 aliphatic rings. The number of thiazole rings is 1. The van der Waals surface area contributed by atoms with Crippen LogP contribution in [0.2, 0.25) is 0 Å². The number of amides is 1. The van der Waals surface area contributed by atoms with Crippen LogP contribution in [0, 0.1) is 19.3 Å². The molecule has 0 saturated carbocycles. The molecule has 0 bridgehead atoms. The van der Waals surface area contributed by atoms with E-state index in [2.05, 4.69) is 10.3 Å². The van der Waals surface area contributed by atoms with Crippen molar-refractivity contribution in [1.82, 2.24) is 14.9 Å². The molecule has 0 aliphatic carbocycles. The summed E-state index contributed by atoms with van der Waals surface area (Å²) < 4.78 is 2.66. The van der Waals surface area contributed by atoms with E-state index in [0.717, 1.165) is 26.5 Å². The summed E-state index contributed by atoms with van der Waals surface area (Å²) in [6, 6.07) is 7.97. The maximum Gasteiger partial charge on any atom is 0.268 e. The molecular formula is C17H18N4OS. The van der Waals surface area contributed by atoms with E-state index in [9.17, 15) is 4.79 Å². The average Bonchev–Trinajstić information content (AvgIpc) is 3.02. The number of rotatable bonds is 4. The summed E-state index contributed by atoms with van der Waals surface area (Å²) in [4.78, 5) is 17.1. The lowest BCUT2D eigenvalue weighted by Gasteiger charge is -2.09. The van der Waals surface area contributed by atoms with Crippen molar-refractivity contribution in [3.63, 3.8) is 0 Å². The Balaban J connectivity index is 1.92. The molecule has 6 heteroatoms. The fourth-order valence-corrected chi connectivity index (χ4v) is 3.66. The first kappa shape index (κ1) is 15.4. The van der Waals surface area contributed by atoms with Crippen molar-refractivity contribution in [3.05, 3.63) is 51.7 Å². The Labute approximate surface area is 138 Å². The van der Waals surface area contributed by atoms with Gasteiger partial charge in [-0.25, -0.2) is 4.98 Å². The zero-order valence-corrected chi connectivity index (χ0v) is 14.1. The monoisotopic (exact) mass is 326 g/mol. The number of hydrogen-bond donors (Lipinski definition) is 2. The van der Waals surface area contributed by atoms with Gasteiger partial charge in [-0.05, 0) is 25.0 Å². The van der Waals surface area contributed by atoms with Gasteiger partial charge in [0.1, 0.15) is 5.69 Å². The first-order valence-corrected chi connectivity index (χ1v) is 8.13. The van der Waals surface area contributed by atoms with Gasteiger partial charge >= 0.3 is 0 Å². The number of nitrogens with one attached hydrogen (secondary N) is 2. The second-order valence-electron chi connectivity index (χ2n) is 5.46. The van der Waals surface area contributed by atoms with Crippen LogP contribution >= 0.6 is 11.3 Å². The first-order chi connectivity index (χ1) is 11.0. The molecular weight excluding hydrogens is 308 g/mol. The van der Waals surface area contributed by atoms with Crippen molar-refractivity contribution >= 4 is 33.8 Å². The standard InChI is InChI=1S/C17H18N4OS/c1-10-6-4-5-7-12(10)9-19-17(22)14-13(8-18)15-16(21(14)3)20-11(2)23-15/h4-8,18H,9H2,1-3H3,(H,19,22). The van der Waals surface area contributed by atoms with Crippen LogP contribution in [-0.2, 0) is 13.6 Å². The zero-order valence-electron chi connectivity index (χ0n) is 13.3. The topological polar surface area (TPSA) is 70.8 Å². The zero-order chi connectivity index (χ0) is 16.6. The predicted octanol–water partition coefficient (Wildman–Crippen LogP) is 3.18. The van der Waals surface area contributed by atoms with Crippen LogP contribution in [0.5, 0.6) is 0 Å². The van der Waals surface area contributed by atoms with Gasteiger partial charge in [0, 0.05) is 25.4 Å². The molecule has 1 aromatic carbocycles. The van der Waals surface area contributed by atoms with Crippen LogP contribution in [0.1, 0.15) is 32.2 Å². The molecule has 0 radical (unpaired) electrons. The summed E-state index contributed by atoms with van der Waals surface area (Å²) in [7, 11) is 1.82. The Morgan fingerprint density at radius 3 is 2.83 bits per heavy atom. The van der Waals surface area contributed by atoms with Crippen LogP contribution in [0.25, 0.3) is 10.3 Å². The lowest BCUT2D eigenvalue weighted by atomic mass is 10.1. The maximum absolute atomic E-state index is 12.6. The third kappa shape index (κ3) is 2.66. The summed E-state index contributed by atoms with van der Waals surface area (Å²) in [6.07, 6.45) is 1.24. The quantitative estimate of drug-likeness (QED) is 0.723. The second kappa shape index (κ2) is 5.96. The number of carbonyl (C=O) groups is 1. The number of benzene rings is 1. The molecule has 0 aliphatic heterocycles. The first-order valence-electron chi connectivity index (χ1n) is 7.32. The Hall–Kier alpha value is -2.47. The van der Waals surface area contributed by atoms with Gasteiger partial charge in [0.25, 0.3) is 5.91 Å². The Morgan fingerprint density at radius 1 is 1.39 bits per heavy atom. The molecule has 2 heterocycles. The van der Waals surface area contributed by atoms with Gasteiger partial charge < -0.3 is 15.3 Å². The second-order valence-corrected chi connectivity index (χ2v) is 6.66. The average molecular weight is 326 g/mol. The molecule has 0 fully saturated rings. The number of hydrogen-bond acceptors (Lipinski definition) is 4. The SMILES string of the molecule is Cc1nc2c(s1)c(C=N)c(C(=O)NCc1ccccc1C)n2C. The Kier molecular flexibility index (Phi) is 4.00. The minimum absolute atomic E-state index is 0.183. The van der Waals surface area contributed by atoms with E-state index < -0.39 is 0 Å². The van der Waals surface area contributed by atoms with E-state index in [0.29, 0.717) is 17.8 Å². The van der Waals surface area contributed by atoms with Gasteiger partial charge in [-0.3, -0.25) is 4.79 Å². The van der Waals surface area contributed by atoms with E-state index in [1.807, 2.05) is 45.2 Å². The summed E-state index contributed by atoms with van der Waals surface area (Å²) in [5.41, 5.74) is 4.11. The predicted molar refractivity (Wildman–Crippen MR) is 93.6 cm³/mol. The van der Waals surface area contributed by atoms with Crippen LogP contribution in [0.4, 0.5) is 0 Å². The van der Waals surface area contributed by atoms with Gasteiger partial charge in [-0.15, -0.1) is 11.3 Å². The van der Waals surface area contributed by atoms with Crippen molar-refractivity contribution in [3.8, 4) is 0 Å². The number of aromatic nitrogens is 2. The minimum Gasteiger partial charge on any atom is -0.347 e. The minimum atomic E-state index is -0.183. The molecule has 1 amide bonds. The van der Waals surface area contributed by atoms with E-state index in [-0.39, 0.29) is 5.91 Å². The largest absolute Gasteiger partial charge is 0.347 e. The van der Waals surface area contributed by atoms with Crippen LogP contribution in [0.15, 0.2) is 24.3 Å². The summed E-state index contributed by atoms with van der Waals surface area (Å²) in [6.45, 7) is 4.42. The van der Waals surface area contributed by atoms with Crippen LogP contribution < -0.4 is 5.32 Å². The van der Waals surface area contributed by atoms with E-state index >= 15 is 0 Å². The molecule has 0 saturated heterocycles. The maximum atomic E-state index is 12.6. The number of fused-ring (bicyclic) bond motifs is 1. The van der Waals surface area contributed by atoms with Crippen molar-refractivity contribution in [1.29, 1.82) is 5.41 Å². The van der Waals surface area contributed by atoms with Crippen LogP contribution in [0.3, 0.4) is 0 Å². The van der Waals surface area contributed by atoms with Crippen molar-refractivity contribution < 1.29 is 4.79 Å². The van der Waals surface area contributed by atoms with Crippen molar-refractivity contribution in [2.75, 3.05) is 0 Å². The fourth-order valence-electron chi connectivity index (χ4n) is 2.69. The molecule has 118 valence electrons. The Morgan fingerprint density at radius 2 is 2.13 bits per heavy atom. The number of aryl methyl sites for hydroxylation is 3. The molecule has 0 unspecified atom stereocenters. The third-order valence-electron chi connectivity index (χ3n) is 3.93. The van der Waals surface area contributed by atoms with Crippen LogP contribution in [-0.4, -0.2) is 21.7 Å². The highest BCUT2D eigenvalue weighted by Crippen LogP contribution is 2.29. The van der Waals surface area contributed by atoms with Gasteiger partial charge in [-0.2, -0.15) is 0 Å². The number of carbonyl (C=O) groups excluding carboxylic acids is 1. The molecule has 3 rings (SSSR count). The van der Waals surface area contributed by atoms with Gasteiger partial charge in [0.2, 0.25) is 0 Å². The summed E-state index contributed by atoms with van der Waals surface area (Å²) in [5.74, 6) is -0.183. The summed E-state index contributed by atoms with van der Waals surface area (Å²) in [5, 5.41) is 11.6. The summed E-state index contributed by atoms with van der Waals surface area (Å²) >= 11 is 1.51. The molecule has 2 N–H and O–H groups in total. The third-order valence-corrected chi connectivity index (χ3v) is 4.92. The van der Waals surface area contributed by atoms with Gasteiger partial charge in [0.15, 0.2) is 5.65 Å². The van der Waals surface area contributed by atoms with Gasteiger partial charge in [-0.1, -0.05) is 24.3 Å².